The maximum Gasteiger partial charge on any atom is 0.231 e. The first-order valence-corrected chi connectivity index (χ1v) is 16.5. The molecule has 2 N–H and O–H groups in total. The predicted octanol–water partition coefficient (Wildman–Crippen LogP) is 1.92. The lowest BCUT2D eigenvalue weighted by Gasteiger charge is -2.27. The van der Waals surface area contributed by atoms with Crippen molar-refractivity contribution in [3.05, 3.63) is 11.6 Å². The van der Waals surface area contributed by atoms with E-state index in [2.05, 4.69) is 47.4 Å². The average Bonchev–Trinajstić information content (AvgIpc) is 3.76. The molecule has 0 bridgehead atoms. The normalized spacial score (nSPS) is 27.1. The highest BCUT2D eigenvalue weighted by molar-refractivity contribution is 7.91. The van der Waals surface area contributed by atoms with Gasteiger partial charge in [-0.2, -0.15) is 29.9 Å². The van der Waals surface area contributed by atoms with E-state index >= 15 is 0 Å². The lowest BCUT2D eigenvalue weighted by atomic mass is 10.3. The van der Waals surface area contributed by atoms with Gasteiger partial charge in [0.25, 0.3) is 0 Å². The van der Waals surface area contributed by atoms with Crippen molar-refractivity contribution >= 4 is 33.6 Å². The zero-order chi connectivity index (χ0) is 27.3. The first-order valence-electron chi connectivity index (χ1n) is 14.7. The molecule has 2 atom stereocenters. The van der Waals surface area contributed by atoms with E-state index in [4.69, 9.17) is 9.72 Å². The quantitative estimate of drug-likeness (QED) is 0.476. The van der Waals surface area contributed by atoms with E-state index in [1.165, 1.54) is 19.3 Å². The molecule has 0 amide bonds. The number of aromatic nitrogens is 6. The van der Waals surface area contributed by atoms with Gasteiger partial charge < -0.3 is 25.2 Å². The van der Waals surface area contributed by atoms with E-state index < -0.39 is 9.84 Å². The summed E-state index contributed by atoms with van der Waals surface area (Å²) >= 11 is 0. The third kappa shape index (κ3) is 6.54. The van der Waals surface area contributed by atoms with E-state index in [-0.39, 0.29) is 11.6 Å². The van der Waals surface area contributed by atoms with Crippen LogP contribution in [0.3, 0.4) is 0 Å². The topological polar surface area (TPSA) is 151 Å². The molecule has 4 heterocycles. The second-order valence-electron chi connectivity index (χ2n) is 12.0. The fraction of sp³-hybridized carbons (Fsp3) is 0.769. The number of anilines is 4. The summed E-state index contributed by atoms with van der Waals surface area (Å²) in [6.07, 6.45) is 8.20. The average molecular weight is 571 g/mol. The third-order valence-corrected chi connectivity index (χ3v) is 9.60. The highest BCUT2D eigenvalue weighted by atomic mass is 32.2. The molecular weight excluding hydrogens is 532 g/mol. The smallest absolute Gasteiger partial charge is 0.231 e. The standard InChI is InChI=1S/C14H21N5O.C12H17N5O2S/c1-9-8-11(9)12-16-13(15-10-2-3-10)18-14(17-12)19-4-6-20-7-5-19;18-20(19)6-5-17(7-20)12-15-10(8-1-2-8)14-11(16-12)13-9-3-4-9/h9-11H,2-8H2,1H3,(H,15,16,17,18);8-9H,1-7H2,(H,13,14,15,16). The number of sulfone groups is 1. The van der Waals surface area contributed by atoms with Gasteiger partial charge in [0.05, 0.1) is 19.0 Å². The van der Waals surface area contributed by atoms with Crippen molar-refractivity contribution in [3.8, 4) is 0 Å². The maximum atomic E-state index is 11.6. The molecule has 2 aromatic heterocycles. The van der Waals surface area contributed by atoms with Crippen molar-refractivity contribution in [1.82, 2.24) is 29.9 Å². The Morgan fingerprint density at radius 1 is 0.750 bits per heavy atom. The number of rotatable bonds is 8. The Morgan fingerprint density at radius 3 is 1.85 bits per heavy atom. The van der Waals surface area contributed by atoms with Crippen molar-refractivity contribution in [2.75, 3.05) is 64.9 Å². The van der Waals surface area contributed by atoms with Gasteiger partial charge in [0.2, 0.25) is 23.8 Å². The molecule has 6 aliphatic rings. The second-order valence-corrected chi connectivity index (χ2v) is 14.2. The van der Waals surface area contributed by atoms with Gasteiger partial charge in [-0.05, 0) is 50.9 Å². The van der Waals surface area contributed by atoms with Crippen molar-refractivity contribution in [1.29, 1.82) is 0 Å². The highest BCUT2D eigenvalue weighted by Crippen LogP contribution is 2.46. The first kappa shape index (κ1) is 26.1. The minimum absolute atomic E-state index is 0.0178. The highest BCUT2D eigenvalue weighted by Gasteiger charge is 2.38. The maximum absolute atomic E-state index is 11.6. The third-order valence-electron chi connectivity index (χ3n) is 8.09. The first-order chi connectivity index (χ1) is 19.4. The van der Waals surface area contributed by atoms with E-state index in [0.29, 0.717) is 48.3 Å². The lowest BCUT2D eigenvalue weighted by molar-refractivity contribution is 0.122. The Bertz CT molecular complexity index is 1340. The minimum atomic E-state index is -2.98. The zero-order valence-electron chi connectivity index (χ0n) is 23.0. The van der Waals surface area contributed by atoms with Crippen molar-refractivity contribution in [3.63, 3.8) is 0 Å². The summed E-state index contributed by atoms with van der Waals surface area (Å²) in [4.78, 5) is 31.2. The van der Waals surface area contributed by atoms with Gasteiger partial charge in [-0.1, -0.05) is 6.92 Å². The predicted molar refractivity (Wildman–Crippen MR) is 150 cm³/mol. The molecule has 4 aliphatic carbocycles. The molecule has 40 heavy (non-hydrogen) atoms. The molecule has 2 aliphatic heterocycles. The van der Waals surface area contributed by atoms with Gasteiger partial charge in [-0.25, -0.2) is 8.42 Å². The summed E-state index contributed by atoms with van der Waals surface area (Å²) in [5.41, 5.74) is 0. The molecule has 216 valence electrons. The van der Waals surface area contributed by atoms with Crippen LogP contribution in [0.5, 0.6) is 0 Å². The Labute approximate surface area is 234 Å². The summed E-state index contributed by atoms with van der Waals surface area (Å²) in [7, 11) is -2.98. The van der Waals surface area contributed by atoms with Crippen LogP contribution in [0.2, 0.25) is 0 Å². The summed E-state index contributed by atoms with van der Waals surface area (Å²) in [6, 6.07) is 1.04. The van der Waals surface area contributed by atoms with Gasteiger partial charge in [0.1, 0.15) is 17.5 Å². The Kier molecular flexibility index (Phi) is 6.85. The molecule has 13 nitrogen and oxygen atoms in total. The van der Waals surface area contributed by atoms with Crippen molar-refractivity contribution < 1.29 is 13.2 Å². The van der Waals surface area contributed by atoms with Crippen LogP contribution in [0, 0.1) is 5.92 Å². The molecule has 8 rings (SSSR count). The molecule has 0 aromatic carbocycles. The second kappa shape index (κ2) is 10.5. The van der Waals surface area contributed by atoms with Crippen LogP contribution in [0.4, 0.5) is 23.8 Å². The van der Waals surface area contributed by atoms with Crippen LogP contribution in [0.1, 0.15) is 75.4 Å². The summed E-state index contributed by atoms with van der Waals surface area (Å²) in [6.45, 7) is 5.98. The van der Waals surface area contributed by atoms with Crippen LogP contribution in [-0.4, -0.2) is 94.9 Å². The lowest BCUT2D eigenvalue weighted by Crippen LogP contribution is -2.37. The van der Waals surface area contributed by atoms with E-state index in [1.54, 1.807) is 4.90 Å². The van der Waals surface area contributed by atoms with Crippen molar-refractivity contribution in [2.45, 2.75) is 75.8 Å². The van der Waals surface area contributed by atoms with Crippen LogP contribution in [-0.2, 0) is 14.6 Å². The number of ether oxygens (including phenoxy) is 1. The van der Waals surface area contributed by atoms with Crippen LogP contribution >= 0.6 is 0 Å². The summed E-state index contributed by atoms with van der Waals surface area (Å²) in [5.74, 6) is 6.33. The van der Waals surface area contributed by atoms with E-state index in [1.807, 2.05) is 0 Å². The number of hydrogen-bond donors (Lipinski definition) is 2. The van der Waals surface area contributed by atoms with Crippen LogP contribution < -0.4 is 20.4 Å². The Hall–Kier alpha value is -2.87. The van der Waals surface area contributed by atoms with Gasteiger partial charge in [0, 0.05) is 43.6 Å². The molecule has 0 radical (unpaired) electrons. The number of nitrogens with one attached hydrogen (secondary N) is 2. The Morgan fingerprint density at radius 2 is 1.32 bits per heavy atom. The van der Waals surface area contributed by atoms with Crippen LogP contribution in [0.25, 0.3) is 0 Å². The van der Waals surface area contributed by atoms with Gasteiger partial charge in [-0.3, -0.25) is 0 Å². The summed E-state index contributed by atoms with van der Waals surface area (Å²) < 4.78 is 28.6. The number of nitrogens with zero attached hydrogens (tertiary/aromatic N) is 8. The monoisotopic (exact) mass is 570 g/mol. The van der Waals surface area contributed by atoms with Gasteiger partial charge in [-0.15, -0.1) is 0 Å². The molecule has 14 heteroatoms. The van der Waals surface area contributed by atoms with E-state index in [0.717, 1.165) is 75.5 Å². The SMILES string of the molecule is CC1CC1c1nc(NC2CC2)nc(N2CCOCC2)n1.O=S1(=O)CCN(c2nc(NC3CC3)nc(C3CC3)n2)C1. The molecule has 2 unspecified atom stereocenters. The molecule has 0 spiro atoms. The minimum Gasteiger partial charge on any atom is -0.378 e. The number of hydrogen-bond acceptors (Lipinski definition) is 13. The molecule has 4 saturated carbocycles. The Balaban J connectivity index is 0.000000132. The van der Waals surface area contributed by atoms with Crippen LogP contribution in [0.15, 0.2) is 0 Å². The van der Waals surface area contributed by atoms with Gasteiger partial charge in [0.15, 0.2) is 9.84 Å². The summed E-state index contributed by atoms with van der Waals surface area (Å²) in [5, 5.41) is 6.70. The zero-order valence-corrected chi connectivity index (χ0v) is 23.8. The molecule has 2 saturated heterocycles. The van der Waals surface area contributed by atoms with Gasteiger partial charge >= 0.3 is 0 Å². The van der Waals surface area contributed by atoms with Crippen molar-refractivity contribution in [2.24, 2.45) is 5.92 Å². The fourth-order valence-corrected chi connectivity index (χ4v) is 6.25. The number of morpholine rings is 1. The largest absolute Gasteiger partial charge is 0.378 e. The molecule has 2 aromatic rings. The molecule has 6 fully saturated rings. The molecular formula is C26H38N10O3S. The fourth-order valence-electron chi connectivity index (χ4n) is 4.90. The van der Waals surface area contributed by atoms with E-state index in [9.17, 15) is 8.42 Å².